The minimum absolute atomic E-state index is 0.0239. The highest BCUT2D eigenvalue weighted by Gasteiger charge is 2.15. The van der Waals surface area contributed by atoms with Crippen LogP contribution in [-0.4, -0.2) is 36.0 Å². The van der Waals surface area contributed by atoms with Gasteiger partial charge in [0.05, 0.1) is 19.3 Å². The van der Waals surface area contributed by atoms with Crippen LogP contribution >= 0.6 is 0 Å². The Bertz CT molecular complexity index is 548. The average Bonchev–Trinajstić information content (AvgIpc) is 2.62. The summed E-state index contributed by atoms with van der Waals surface area (Å²) in [6.07, 6.45) is 7.91. The van der Waals surface area contributed by atoms with Gasteiger partial charge < -0.3 is 19.7 Å². The molecule has 0 saturated carbocycles. The number of allylic oxidation sites excluding steroid dienone is 3. The van der Waals surface area contributed by atoms with E-state index in [-0.39, 0.29) is 25.1 Å². The summed E-state index contributed by atoms with van der Waals surface area (Å²) in [7, 11) is 0. The molecule has 0 heterocycles. The van der Waals surface area contributed by atoms with E-state index in [2.05, 4.69) is 0 Å². The van der Waals surface area contributed by atoms with Gasteiger partial charge in [0.2, 0.25) is 0 Å². The van der Waals surface area contributed by atoms with Crippen molar-refractivity contribution < 1.29 is 24.5 Å². The van der Waals surface area contributed by atoms with Crippen LogP contribution in [0.2, 0.25) is 0 Å². The van der Waals surface area contributed by atoms with Crippen molar-refractivity contribution in [2.24, 2.45) is 5.92 Å². The fourth-order valence-corrected chi connectivity index (χ4v) is 2.27. The largest absolute Gasteiger partial charge is 0.491 e. The van der Waals surface area contributed by atoms with Gasteiger partial charge in [-0.1, -0.05) is 37.3 Å². The van der Waals surface area contributed by atoms with Crippen molar-refractivity contribution in [3.05, 3.63) is 54.1 Å². The average molecular weight is 348 g/mol. The van der Waals surface area contributed by atoms with E-state index in [1.165, 1.54) is 6.08 Å². The maximum atomic E-state index is 11.1. The van der Waals surface area contributed by atoms with Crippen molar-refractivity contribution in [2.75, 3.05) is 19.8 Å². The molecule has 5 heteroatoms. The van der Waals surface area contributed by atoms with Gasteiger partial charge in [0.25, 0.3) is 0 Å². The summed E-state index contributed by atoms with van der Waals surface area (Å²) in [6, 6.07) is 7.26. The molecule has 0 bridgehead atoms. The molecule has 0 aliphatic heterocycles. The van der Waals surface area contributed by atoms with Gasteiger partial charge in [-0.2, -0.15) is 0 Å². The van der Waals surface area contributed by atoms with Gasteiger partial charge in [-0.15, -0.1) is 0 Å². The first-order valence-corrected chi connectivity index (χ1v) is 8.60. The van der Waals surface area contributed by atoms with Gasteiger partial charge in [0.1, 0.15) is 12.4 Å². The molecule has 1 aromatic carbocycles. The minimum Gasteiger partial charge on any atom is -0.491 e. The monoisotopic (exact) mass is 348 g/mol. The highest BCUT2D eigenvalue weighted by atomic mass is 16.5. The lowest BCUT2D eigenvalue weighted by Crippen LogP contribution is -2.09. The summed E-state index contributed by atoms with van der Waals surface area (Å²) < 4.78 is 10.1. The summed E-state index contributed by atoms with van der Waals surface area (Å²) in [5.41, 5.74) is 0.843. The first-order chi connectivity index (χ1) is 12.1. The van der Waals surface area contributed by atoms with Crippen LogP contribution in [0.1, 0.15) is 38.4 Å². The maximum Gasteiger partial charge on any atom is 0.330 e. The smallest absolute Gasteiger partial charge is 0.330 e. The van der Waals surface area contributed by atoms with Crippen molar-refractivity contribution >= 4 is 5.97 Å². The molecule has 0 aliphatic rings. The van der Waals surface area contributed by atoms with Gasteiger partial charge in [-0.05, 0) is 43.4 Å². The molecular weight excluding hydrogens is 320 g/mol. The molecule has 5 nitrogen and oxygen atoms in total. The van der Waals surface area contributed by atoms with Crippen LogP contribution in [0.3, 0.4) is 0 Å². The molecule has 0 unspecified atom stereocenters. The van der Waals surface area contributed by atoms with Crippen molar-refractivity contribution in [2.45, 2.75) is 32.8 Å². The second kappa shape index (κ2) is 12.3. The molecule has 0 radical (unpaired) electrons. The van der Waals surface area contributed by atoms with E-state index in [0.717, 1.165) is 18.4 Å². The summed E-state index contributed by atoms with van der Waals surface area (Å²) in [5.74, 6) is 0.430. The van der Waals surface area contributed by atoms with Crippen molar-refractivity contribution in [1.82, 2.24) is 0 Å². The third kappa shape index (κ3) is 8.52. The molecule has 0 amide bonds. The molecule has 138 valence electrons. The predicted molar refractivity (Wildman–Crippen MR) is 97.3 cm³/mol. The van der Waals surface area contributed by atoms with E-state index in [1.807, 2.05) is 31.2 Å². The second-order valence-corrected chi connectivity index (χ2v) is 5.68. The minimum atomic E-state index is -0.546. The number of ether oxygens (including phenoxy) is 2. The summed E-state index contributed by atoms with van der Waals surface area (Å²) in [6.45, 7) is 4.38. The lowest BCUT2D eigenvalue weighted by atomic mass is 9.93. The standard InChI is InChI=1S/C20H28O5/c1-3-24-19(22)9-7-5-4-6-8-16(2)20(23)17-10-12-18(13-11-17)25-15-14-21/h4-5,7,9-13,16,20-21,23H,3,6,8,14-15H2,1-2H3/b5-4+,9-7+/t16-,20+/m0/s1. The van der Waals surface area contributed by atoms with Crippen molar-refractivity contribution in [3.63, 3.8) is 0 Å². The van der Waals surface area contributed by atoms with E-state index >= 15 is 0 Å². The Morgan fingerprint density at radius 3 is 2.60 bits per heavy atom. The topological polar surface area (TPSA) is 76.0 Å². The van der Waals surface area contributed by atoms with Crippen LogP contribution in [0.5, 0.6) is 5.75 Å². The van der Waals surface area contributed by atoms with E-state index in [9.17, 15) is 9.90 Å². The zero-order valence-electron chi connectivity index (χ0n) is 14.9. The van der Waals surface area contributed by atoms with Gasteiger partial charge in [0.15, 0.2) is 0 Å². The Morgan fingerprint density at radius 1 is 1.24 bits per heavy atom. The van der Waals surface area contributed by atoms with Crippen LogP contribution < -0.4 is 4.74 Å². The number of esters is 1. The van der Waals surface area contributed by atoms with E-state index in [0.29, 0.717) is 12.4 Å². The summed E-state index contributed by atoms with van der Waals surface area (Å²) >= 11 is 0. The van der Waals surface area contributed by atoms with Crippen molar-refractivity contribution in [1.29, 1.82) is 0 Å². The Labute approximate surface area is 149 Å². The Hall–Kier alpha value is -2.11. The first-order valence-electron chi connectivity index (χ1n) is 8.60. The molecule has 2 N–H and O–H groups in total. The zero-order chi connectivity index (χ0) is 18.5. The lowest BCUT2D eigenvalue weighted by molar-refractivity contribution is -0.137. The molecule has 2 atom stereocenters. The molecule has 1 aromatic rings. The molecule has 0 fully saturated rings. The number of carbonyl (C=O) groups excluding carboxylic acids is 1. The van der Waals surface area contributed by atoms with Crippen LogP contribution in [0.4, 0.5) is 0 Å². The van der Waals surface area contributed by atoms with Crippen LogP contribution in [0.25, 0.3) is 0 Å². The van der Waals surface area contributed by atoms with Crippen molar-refractivity contribution in [3.8, 4) is 5.75 Å². The number of aliphatic hydroxyl groups is 2. The Morgan fingerprint density at radius 2 is 1.96 bits per heavy atom. The maximum absolute atomic E-state index is 11.1. The van der Waals surface area contributed by atoms with Crippen LogP contribution in [0, 0.1) is 5.92 Å². The SMILES string of the molecule is CCOC(=O)/C=C/C=C/CC[C@H](C)[C@@H](O)c1ccc(OCCO)cc1. The highest BCUT2D eigenvalue weighted by Crippen LogP contribution is 2.27. The number of aliphatic hydroxyl groups excluding tert-OH is 2. The number of rotatable bonds is 11. The highest BCUT2D eigenvalue weighted by molar-refractivity contribution is 5.82. The van der Waals surface area contributed by atoms with Crippen LogP contribution in [-0.2, 0) is 9.53 Å². The molecule has 0 spiro atoms. The van der Waals surface area contributed by atoms with Crippen LogP contribution in [0.15, 0.2) is 48.6 Å². The number of hydrogen-bond acceptors (Lipinski definition) is 5. The van der Waals surface area contributed by atoms with Gasteiger partial charge in [-0.25, -0.2) is 4.79 Å². The van der Waals surface area contributed by atoms with Gasteiger partial charge >= 0.3 is 5.97 Å². The number of hydrogen-bond donors (Lipinski definition) is 2. The fraction of sp³-hybridized carbons (Fsp3) is 0.450. The lowest BCUT2D eigenvalue weighted by Gasteiger charge is -2.19. The second-order valence-electron chi connectivity index (χ2n) is 5.68. The third-order valence-electron chi connectivity index (χ3n) is 3.68. The van der Waals surface area contributed by atoms with Gasteiger partial charge in [-0.3, -0.25) is 0 Å². The molecule has 25 heavy (non-hydrogen) atoms. The fourth-order valence-electron chi connectivity index (χ4n) is 2.27. The Kier molecular flexibility index (Phi) is 10.3. The first kappa shape index (κ1) is 20.9. The Balaban J connectivity index is 2.38. The van der Waals surface area contributed by atoms with E-state index in [1.54, 1.807) is 25.1 Å². The molecule has 0 aliphatic carbocycles. The van der Waals surface area contributed by atoms with E-state index in [4.69, 9.17) is 14.6 Å². The molecule has 0 saturated heterocycles. The molecule has 0 aromatic heterocycles. The normalized spacial score (nSPS) is 13.9. The predicted octanol–water partition coefficient (Wildman–Crippen LogP) is 3.18. The zero-order valence-corrected chi connectivity index (χ0v) is 14.9. The number of carbonyl (C=O) groups is 1. The van der Waals surface area contributed by atoms with E-state index < -0.39 is 6.10 Å². The van der Waals surface area contributed by atoms with Gasteiger partial charge in [0, 0.05) is 6.08 Å². The molecular formula is C20H28O5. The molecule has 1 rings (SSSR count). The number of benzene rings is 1. The summed E-state index contributed by atoms with van der Waals surface area (Å²) in [5, 5.41) is 19.1. The summed E-state index contributed by atoms with van der Waals surface area (Å²) in [4.78, 5) is 11.1. The third-order valence-corrected chi connectivity index (χ3v) is 3.68. The quantitative estimate of drug-likeness (QED) is 0.365.